The van der Waals surface area contributed by atoms with Gasteiger partial charge < -0.3 is 15.3 Å². The Hall–Kier alpha value is -1.83. The third-order valence-electron chi connectivity index (χ3n) is 2.74. The maximum Gasteiger partial charge on any atom is 0.433 e. The summed E-state index contributed by atoms with van der Waals surface area (Å²) in [4.78, 5) is 16.2. The predicted molar refractivity (Wildman–Crippen MR) is 67.9 cm³/mol. The number of pyridine rings is 1. The molecule has 0 fully saturated rings. The van der Waals surface area contributed by atoms with E-state index in [-0.39, 0.29) is 11.4 Å². The smallest absolute Gasteiger partial charge is 0.433 e. The number of hydrogen-bond donors (Lipinski definition) is 2. The summed E-state index contributed by atoms with van der Waals surface area (Å²) in [5.41, 5.74) is -1.40. The second-order valence-corrected chi connectivity index (χ2v) is 4.22. The third-order valence-corrected chi connectivity index (χ3v) is 2.74. The molecule has 0 saturated carbocycles. The molecule has 0 unspecified atom stereocenters. The molecule has 0 spiro atoms. The van der Waals surface area contributed by atoms with Crippen molar-refractivity contribution in [3.05, 3.63) is 23.4 Å². The van der Waals surface area contributed by atoms with Crippen LogP contribution in [0.4, 0.5) is 19.0 Å². The van der Waals surface area contributed by atoms with Gasteiger partial charge in [-0.1, -0.05) is 6.92 Å². The number of nitrogens with one attached hydrogen (secondary N) is 1. The van der Waals surface area contributed by atoms with Gasteiger partial charge in [-0.15, -0.1) is 0 Å². The van der Waals surface area contributed by atoms with E-state index in [4.69, 9.17) is 5.11 Å². The van der Waals surface area contributed by atoms with E-state index >= 15 is 0 Å². The molecule has 2 N–H and O–H groups in total. The Morgan fingerprint density at radius 1 is 1.45 bits per heavy atom. The number of carboxylic acids is 1. The summed E-state index contributed by atoms with van der Waals surface area (Å²) in [5, 5.41) is 11.6. The number of nitrogens with zero attached hydrogens (tertiary/aromatic N) is 2. The molecule has 0 bridgehead atoms. The van der Waals surface area contributed by atoms with Crippen LogP contribution in [0.25, 0.3) is 0 Å². The summed E-state index contributed by atoms with van der Waals surface area (Å²) in [5.74, 6) is -1.59. The number of alkyl halides is 3. The zero-order valence-corrected chi connectivity index (χ0v) is 11.2. The summed E-state index contributed by atoms with van der Waals surface area (Å²) in [6.45, 7) is 3.58. The number of halogens is 3. The highest BCUT2D eigenvalue weighted by atomic mass is 19.4. The minimum Gasteiger partial charge on any atom is -0.478 e. The summed E-state index contributed by atoms with van der Waals surface area (Å²) in [6.07, 6.45) is -4.60. The van der Waals surface area contributed by atoms with Gasteiger partial charge in [0.25, 0.3) is 0 Å². The van der Waals surface area contributed by atoms with Crippen molar-refractivity contribution in [2.24, 2.45) is 0 Å². The topological polar surface area (TPSA) is 65.5 Å². The van der Waals surface area contributed by atoms with Crippen LogP contribution >= 0.6 is 0 Å². The first kappa shape index (κ1) is 16.2. The highest BCUT2D eigenvalue weighted by Crippen LogP contribution is 2.29. The highest BCUT2D eigenvalue weighted by molar-refractivity contribution is 5.93. The van der Waals surface area contributed by atoms with Crippen LogP contribution in [0.5, 0.6) is 0 Å². The number of aromatic carboxylic acids is 1. The van der Waals surface area contributed by atoms with E-state index in [1.165, 1.54) is 0 Å². The number of hydrogen-bond acceptors (Lipinski definition) is 4. The van der Waals surface area contributed by atoms with Crippen molar-refractivity contribution in [3.8, 4) is 0 Å². The zero-order valence-electron chi connectivity index (χ0n) is 11.2. The number of carbonyl (C=O) groups is 1. The van der Waals surface area contributed by atoms with Gasteiger partial charge in [0.2, 0.25) is 0 Å². The monoisotopic (exact) mass is 291 g/mol. The molecule has 20 heavy (non-hydrogen) atoms. The Kier molecular flexibility index (Phi) is 5.32. The van der Waals surface area contributed by atoms with Crippen molar-refractivity contribution in [1.82, 2.24) is 9.88 Å². The molecule has 1 heterocycles. The normalized spacial score (nSPS) is 11.7. The van der Waals surface area contributed by atoms with Crippen LogP contribution in [0, 0.1) is 0 Å². The molecule has 0 saturated heterocycles. The van der Waals surface area contributed by atoms with E-state index in [9.17, 15) is 18.0 Å². The molecule has 8 heteroatoms. The highest BCUT2D eigenvalue weighted by Gasteiger charge is 2.33. The average Bonchev–Trinajstić information content (AvgIpc) is 2.37. The Balaban J connectivity index is 2.92. The average molecular weight is 291 g/mol. The summed E-state index contributed by atoms with van der Waals surface area (Å²) in [7, 11) is 1.85. The molecular weight excluding hydrogens is 275 g/mol. The van der Waals surface area contributed by atoms with Crippen molar-refractivity contribution in [2.45, 2.75) is 13.1 Å². The van der Waals surface area contributed by atoms with Gasteiger partial charge in [-0.25, -0.2) is 9.78 Å². The van der Waals surface area contributed by atoms with Gasteiger partial charge >= 0.3 is 12.1 Å². The lowest BCUT2D eigenvalue weighted by molar-refractivity contribution is -0.141. The van der Waals surface area contributed by atoms with Crippen molar-refractivity contribution in [2.75, 3.05) is 32.0 Å². The SMILES string of the molecule is CCN(C)CCNc1nc(C(F)(F)F)ccc1C(=O)O. The Bertz CT molecular complexity index is 478. The lowest BCUT2D eigenvalue weighted by Gasteiger charge is -2.16. The Morgan fingerprint density at radius 2 is 2.10 bits per heavy atom. The maximum absolute atomic E-state index is 12.6. The first-order valence-corrected chi connectivity index (χ1v) is 5.99. The van der Waals surface area contributed by atoms with Crippen LogP contribution in [0.2, 0.25) is 0 Å². The van der Waals surface area contributed by atoms with E-state index in [1.807, 2.05) is 18.9 Å². The van der Waals surface area contributed by atoms with Crippen LogP contribution in [0.3, 0.4) is 0 Å². The summed E-state index contributed by atoms with van der Waals surface area (Å²) >= 11 is 0. The van der Waals surface area contributed by atoms with Gasteiger partial charge in [-0.3, -0.25) is 0 Å². The van der Waals surface area contributed by atoms with Gasteiger partial charge in [0, 0.05) is 13.1 Å². The minimum atomic E-state index is -4.60. The van der Waals surface area contributed by atoms with E-state index in [0.29, 0.717) is 19.2 Å². The maximum atomic E-state index is 12.6. The first-order valence-electron chi connectivity index (χ1n) is 5.99. The number of aromatic nitrogens is 1. The fraction of sp³-hybridized carbons (Fsp3) is 0.500. The second kappa shape index (κ2) is 6.56. The van der Waals surface area contributed by atoms with Crippen LogP contribution in [0.1, 0.15) is 23.0 Å². The minimum absolute atomic E-state index is 0.267. The molecule has 0 aliphatic heterocycles. The van der Waals surface area contributed by atoms with Crippen molar-refractivity contribution in [3.63, 3.8) is 0 Å². The van der Waals surface area contributed by atoms with E-state index < -0.39 is 17.8 Å². The lowest BCUT2D eigenvalue weighted by atomic mass is 10.2. The van der Waals surface area contributed by atoms with Gasteiger partial charge in [0.1, 0.15) is 17.1 Å². The number of carboxylic acid groups (broad SMARTS) is 1. The summed E-state index contributed by atoms with van der Waals surface area (Å²) in [6, 6.07) is 1.57. The molecule has 0 amide bonds. The third kappa shape index (κ3) is 4.37. The van der Waals surface area contributed by atoms with E-state index in [0.717, 1.165) is 12.6 Å². The molecule has 1 aromatic rings. The molecule has 0 atom stereocenters. The van der Waals surface area contributed by atoms with E-state index in [1.54, 1.807) is 0 Å². The van der Waals surface area contributed by atoms with Crippen molar-refractivity contribution >= 4 is 11.8 Å². The molecule has 0 aromatic carbocycles. The van der Waals surface area contributed by atoms with Crippen molar-refractivity contribution in [1.29, 1.82) is 0 Å². The predicted octanol–water partition coefficient (Wildman–Crippen LogP) is 2.16. The van der Waals surface area contributed by atoms with Crippen molar-refractivity contribution < 1.29 is 23.1 Å². The van der Waals surface area contributed by atoms with Crippen LogP contribution < -0.4 is 5.32 Å². The zero-order chi connectivity index (χ0) is 15.3. The lowest BCUT2D eigenvalue weighted by Crippen LogP contribution is -2.25. The fourth-order valence-corrected chi connectivity index (χ4v) is 1.45. The van der Waals surface area contributed by atoms with Gasteiger partial charge in [-0.2, -0.15) is 13.2 Å². The van der Waals surface area contributed by atoms with Gasteiger partial charge in [-0.05, 0) is 25.7 Å². The molecule has 1 aromatic heterocycles. The van der Waals surface area contributed by atoms with Crippen LogP contribution in [-0.4, -0.2) is 47.6 Å². The molecule has 0 radical (unpaired) electrons. The molecule has 0 aliphatic rings. The standard InChI is InChI=1S/C12H16F3N3O2/c1-3-18(2)7-6-16-10-8(11(19)20)4-5-9(17-10)12(13,14)15/h4-5H,3,6-7H2,1-2H3,(H,16,17)(H,19,20). The van der Waals surface area contributed by atoms with Gasteiger partial charge in [0.05, 0.1) is 0 Å². The number of anilines is 1. The molecule has 1 rings (SSSR count). The number of likely N-dealkylation sites (N-methyl/N-ethyl adjacent to an activating group) is 1. The Morgan fingerprint density at radius 3 is 2.60 bits per heavy atom. The van der Waals surface area contributed by atoms with Crippen LogP contribution in [0.15, 0.2) is 12.1 Å². The quantitative estimate of drug-likeness (QED) is 0.841. The van der Waals surface area contributed by atoms with Crippen LogP contribution in [-0.2, 0) is 6.18 Å². The molecule has 0 aliphatic carbocycles. The number of rotatable bonds is 6. The Labute approximate surface area is 114 Å². The second-order valence-electron chi connectivity index (χ2n) is 4.22. The molecular formula is C12H16F3N3O2. The molecule has 112 valence electrons. The fourth-order valence-electron chi connectivity index (χ4n) is 1.45. The first-order chi connectivity index (χ1) is 9.25. The van der Waals surface area contributed by atoms with Gasteiger partial charge in [0.15, 0.2) is 0 Å². The molecule has 5 nitrogen and oxygen atoms in total. The van der Waals surface area contributed by atoms with E-state index in [2.05, 4.69) is 10.3 Å². The largest absolute Gasteiger partial charge is 0.478 e. The summed E-state index contributed by atoms with van der Waals surface area (Å²) < 4.78 is 37.7.